The Bertz CT molecular complexity index is 4370. The third-order valence-electron chi connectivity index (χ3n) is 18.6. The van der Waals surface area contributed by atoms with Crippen LogP contribution in [-0.4, -0.2) is 65.8 Å². The predicted molar refractivity (Wildman–Crippen MR) is 411 cm³/mol. The number of nitrogens with one attached hydrogen (secondary N) is 3. The summed E-state index contributed by atoms with van der Waals surface area (Å²) in [6, 6.07) is 67.7. The van der Waals surface area contributed by atoms with Gasteiger partial charge in [-0.25, -0.2) is 19.2 Å². The molecule has 0 saturated heterocycles. The lowest BCUT2D eigenvalue weighted by Crippen LogP contribution is -2.21. The monoisotopic (exact) mass is 1440 g/mol. The van der Waals surface area contributed by atoms with Crippen molar-refractivity contribution >= 4 is 75.3 Å². The minimum absolute atomic E-state index is 0.187. The summed E-state index contributed by atoms with van der Waals surface area (Å²) in [4.78, 5) is 69.0. The zero-order valence-corrected chi connectivity index (χ0v) is 60.0. The van der Waals surface area contributed by atoms with Crippen molar-refractivity contribution in [1.82, 2.24) is 0 Å². The van der Waals surface area contributed by atoms with Gasteiger partial charge in [-0.1, -0.05) is 182 Å². The third kappa shape index (κ3) is 25.1. The lowest BCUT2D eigenvalue weighted by molar-refractivity contribution is -0.119. The summed E-state index contributed by atoms with van der Waals surface area (Å²) in [5.74, 6) is 1.20. The number of hydrogen-bond acceptors (Lipinski definition) is 15. The third-order valence-corrected chi connectivity index (χ3v) is 18.7. The minimum Gasteiger partial charge on any atom is -0.504 e. The lowest BCUT2D eigenvalue weighted by Gasteiger charge is -2.25. The highest BCUT2D eigenvalue weighted by Crippen LogP contribution is 2.34. The number of allylic oxidation sites excluding steroid dienone is 1. The second-order valence-corrected chi connectivity index (χ2v) is 26.4. The van der Waals surface area contributed by atoms with Gasteiger partial charge in [-0.05, 0) is 196 Å². The van der Waals surface area contributed by atoms with Crippen molar-refractivity contribution in [2.24, 2.45) is 11.8 Å². The number of halogens is 1. The van der Waals surface area contributed by atoms with Crippen molar-refractivity contribution in [3.8, 4) is 0 Å². The van der Waals surface area contributed by atoms with Gasteiger partial charge in [0, 0.05) is 78.9 Å². The van der Waals surface area contributed by atoms with Gasteiger partial charge >= 0.3 is 23.7 Å². The van der Waals surface area contributed by atoms with Crippen LogP contribution in [0.25, 0.3) is 0 Å². The average Bonchev–Trinajstić information content (AvgIpc) is 0.842. The first-order valence-electron chi connectivity index (χ1n) is 35.4. The van der Waals surface area contributed by atoms with E-state index in [4.69, 9.17) is 47.1 Å². The summed E-state index contributed by atoms with van der Waals surface area (Å²) in [5, 5.41) is 26.9. The Kier molecular flexibility index (Phi) is 30.7. The van der Waals surface area contributed by atoms with Gasteiger partial charge in [0.15, 0.2) is 0 Å². The summed E-state index contributed by atoms with van der Waals surface area (Å²) in [5.41, 5.74) is 31.5. The van der Waals surface area contributed by atoms with E-state index in [9.17, 15) is 33.9 Å². The van der Waals surface area contributed by atoms with Crippen LogP contribution in [0.3, 0.4) is 0 Å². The van der Waals surface area contributed by atoms with Crippen LogP contribution >= 0.6 is 11.6 Å². The number of rotatable bonds is 14. The average molecular weight is 1440 g/mol. The van der Waals surface area contributed by atoms with Crippen LogP contribution in [0.2, 0.25) is 0 Å². The molecule has 14 rings (SSSR count). The number of methoxy groups -OCH3 is 1. The molecule has 0 aliphatic heterocycles. The molecule has 0 saturated carbocycles. The van der Waals surface area contributed by atoms with Crippen molar-refractivity contribution < 1.29 is 62.7 Å². The normalized spacial score (nSPS) is 15.2. The Hall–Kier alpha value is -11.1. The Labute approximate surface area is 619 Å². The summed E-state index contributed by atoms with van der Waals surface area (Å²) in [6.45, 7) is 1.45. The first-order valence-corrected chi connectivity index (χ1v) is 35.8. The van der Waals surface area contributed by atoms with Crippen LogP contribution in [0.4, 0.5) is 47.6 Å². The highest BCUT2D eigenvalue weighted by atomic mass is 35.5. The quantitative estimate of drug-likeness (QED) is 0.0231. The molecule has 19 heteroatoms. The number of carbonyl (C=O) groups is 6. The molecule has 546 valence electrons. The number of aliphatic hydroxyl groups excluding tert-OH is 2. The Morgan fingerprint density at radius 1 is 0.400 bits per heavy atom. The van der Waals surface area contributed by atoms with Crippen molar-refractivity contribution in [2.45, 2.75) is 123 Å². The molecule has 105 heavy (non-hydrogen) atoms. The number of aliphatic hydroxyl groups is 2. The second kappa shape index (κ2) is 41.3. The van der Waals surface area contributed by atoms with Gasteiger partial charge in [-0.15, -0.1) is 0 Å². The number of fused-ring (bicyclic) bond motifs is 5. The molecular formula is C86H92ClN5O13. The van der Waals surface area contributed by atoms with Gasteiger partial charge in [0.05, 0.1) is 13.4 Å². The molecule has 5 aliphatic rings. The van der Waals surface area contributed by atoms with Crippen LogP contribution in [0.5, 0.6) is 0 Å². The van der Waals surface area contributed by atoms with Gasteiger partial charge in [-0.3, -0.25) is 25.5 Å². The van der Waals surface area contributed by atoms with Crippen molar-refractivity contribution in [1.29, 1.82) is 0 Å². The van der Waals surface area contributed by atoms with Crippen molar-refractivity contribution in [3.05, 3.63) is 302 Å². The molecule has 2 atom stereocenters. The molecule has 3 amide bonds. The molecule has 18 nitrogen and oxygen atoms in total. The molecule has 0 heterocycles. The van der Waals surface area contributed by atoms with Gasteiger partial charge in [0.1, 0.15) is 38.0 Å². The van der Waals surface area contributed by atoms with Gasteiger partial charge < -0.3 is 45.4 Å². The van der Waals surface area contributed by atoms with Gasteiger partial charge in [0.25, 0.3) is 0 Å². The highest BCUT2D eigenvalue weighted by Gasteiger charge is 2.24. The molecule has 0 spiro atoms. The molecule has 5 aliphatic carbocycles. The van der Waals surface area contributed by atoms with E-state index in [1.807, 2.05) is 182 Å². The molecule has 0 radical (unpaired) electrons. The zero-order valence-electron chi connectivity index (χ0n) is 59.2. The lowest BCUT2D eigenvalue weighted by atomic mass is 9.83. The van der Waals surface area contributed by atoms with E-state index in [-0.39, 0.29) is 51.3 Å². The van der Waals surface area contributed by atoms with E-state index in [1.165, 1.54) is 33.4 Å². The Morgan fingerprint density at radius 2 is 0.733 bits per heavy atom. The van der Waals surface area contributed by atoms with Crippen LogP contribution < -0.4 is 27.4 Å². The van der Waals surface area contributed by atoms with Crippen molar-refractivity contribution in [2.75, 3.05) is 47.7 Å². The number of ether oxygens (including phenoxy) is 5. The predicted octanol–water partition coefficient (Wildman–Crippen LogP) is 16.7. The van der Waals surface area contributed by atoms with Crippen LogP contribution in [0.1, 0.15) is 110 Å². The van der Waals surface area contributed by atoms with E-state index in [2.05, 4.69) is 45.0 Å². The molecule has 9 aromatic carbocycles. The maximum Gasteiger partial charge on any atom is 0.411 e. The molecule has 9 N–H and O–H groups in total. The molecule has 0 aromatic heterocycles. The standard InChI is InChI=1S/C20H21NO3.C19H21NO3.C18H17NO3.C11H15NO.C10H11NO.C8H7ClO2/c1-23-13-16-10-11-17-8-5-9-19(18(17)12-16)21-20(22)24-14-15-6-3-2-4-7-15;21-12-15-9-10-16-7-4-8-18(17(16)11-15)20-19(22)23-13-14-5-2-1-3-6-14;20-15-10-9-14-7-4-8-17(16(14)11-15)19-18(21)22-12-13-5-2-1-3-6-13;12-11-3-1-2-9-5-4-8(7-13)6-10(9)11;11-10-3-1-2-7-4-5-8(12)6-9(7)10;9-8(10)11-6-7-4-2-1-3-5-7/h2-9,13H,10-12,14H2,1H3,(H,21,22);1-8,15,21H,9-13H2,(H,20,22);1-8H,9-12H2,(H,19,21);1-3,8,13H,4-7,12H2;1-3H,4-6,11H2;1-5H,6H2/b16-13+;;;;;. The number of anilines is 5. The smallest absolute Gasteiger partial charge is 0.411 e. The van der Waals surface area contributed by atoms with E-state index in [0.717, 1.165) is 143 Å². The fourth-order valence-electron chi connectivity index (χ4n) is 13.0. The van der Waals surface area contributed by atoms with Crippen molar-refractivity contribution in [3.63, 3.8) is 0 Å². The van der Waals surface area contributed by atoms with E-state index in [0.29, 0.717) is 43.1 Å². The molecule has 0 bridgehead atoms. The van der Waals surface area contributed by atoms with E-state index >= 15 is 0 Å². The molecule has 2 unspecified atom stereocenters. The number of aryl methyl sites for hydroxylation is 5. The van der Waals surface area contributed by atoms with E-state index < -0.39 is 23.7 Å². The number of nitrogen functional groups attached to an aromatic ring is 2. The van der Waals surface area contributed by atoms with Crippen LogP contribution in [0.15, 0.2) is 224 Å². The fraction of sp³-hybridized carbons (Fsp3) is 0.279. The summed E-state index contributed by atoms with van der Waals surface area (Å²) in [7, 11) is 1.66. The minimum atomic E-state index is -0.770. The first-order chi connectivity index (χ1) is 51.1. The number of carbonyl (C=O) groups excluding carboxylic acids is 6. The van der Waals surface area contributed by atoms with Gasteiger partial charge in [-0.2, -0.15) is 0 Å². The maximum absolute atomic E-state index is 12.1. The van der Waals surface area contributed by atoms with Crippen LogP contribution in [0, 0.1) is 11.8 Å². The zero-order chi connectivity index (χ0) is 74.1. The van der Waals surface area contributed by atoms with Gasteiger partial charge in [0.2, 0.25) is 0 Å². The Morgan fingerprint density at radius 3 is 1.14 bits per heavy atom. The van der Waals surface area contributed by atoms with Crippen LogP contribution in [-0.2, 0) is 124 Å². The number of amides is 3. The van der Waals surface area contributed by atoms with E-state index in [1.54, 1.807) is 19.4 Å². The topological polar surface area (TPSA) is 277 Å². The molecular weight excluding hydrogens is 1350 g/mol. The Balaban J connectivity index is 0.000000150. The number of ketones is 2. The molecule has 9 aromatic rings. The first kappa shape index (κ1) is 78.1. The fourth-order valence-corrected chi connectivity index (χ4v) is 13.0. The number of benzene rings is 9. The summed E-state index contributed by atoms with van der Waals surface area (Å²) < 4.78 is 25.5. The largest absolute Gasteiger partial charge is 0.504 e. The number of nitrogens with two attached hydrogens (primary N) is 2. The number of Topliss-reactive ketones (excluding diaryl/α,β-unsaturated/α-hetero) is 2. The highest BCUT2D eigenvalue weighted by molar-refractivity contribution is 6.61. The second-order valence-electron chi connectivity index (χ2n) is 26.1. The summed E-state index contributed by atoms with van der Waals surface area (Å²) in [6.07, 6.45) is 12.7. The summed E-state index contributed by atoms with van der Waals surface area (Å²) >= 11 is 4.97. The SMILES string of the molecule is CO/C=C1\CCc2cccc(NC(=O)OCc3ccccc3)c2C1.Nc1cccc2c1CC(=O)CC2.Nc1cccc2c1CC(CO)CC2.O=C(Cl)OCc1ccccc1.O=C(Nc1cccc2c1CC(CO)CC2)OCc1ccccc1.O=C1CCc2cccc(NC(=O)OCc3ccccc3)c2C1. The molecule has 0 fully saturated rings. The maximum atomic E-state index is 12.1. The number of hydrogen-bond donors (Lipinski definition) is 7.